The molecule has 6 heteroatoms. The van der Waals surface area contributed by atoms with Crippen molar-refractivity contribution in [2.24, 2.45) is 0 Å². The molecule has 1 aromatic carbocycles. The van der Waals surface area contributed by atoms with E-state index in [-0.39, 0.29) is 0 Å². The van der Waals surface area contributed by atoms with Crippen molar-refractivity contribution in [3.05, 3.63) is 72.2 Å². The Bertz CT molecular complexity index is 1090. The Labute approximate surface area is 150 Å². The van der Waals surface area contributed by atoms with Crippen LogP contribution >= 0.6 is 0 Å². The number of benzene rings is 1. The van der Waals surface area contributed by atoms with E-state index in [1.54, 1.807) is 23.1 Å². The largest absolute Gasteiger partial charge is 0.465 e. The molecule has 3 aromatic heterocycles. The van der Waals surface area contributed by atoms with E-state index in [9.17, 15) is 4.79 Å². The Morgan fingerprint density at radius 1 is 1.12 bits per heavy atom. The van der Waals surface area contributed by atoms with Crippen molar-refractivity contribution < 1.29 is 9.53 Å². The Hall–Kier alpha value is -3.54. The van der Waals surface area contributed by atoms with E-state index in [1.807, 2.05) is 49.4 Å². The fourth-order valence-electron chi connectivity index (χ4n) is 2.97. The van der Waals surface area contributed by atoms with E-state index >= 15 is 0 Å². The number of rotatable bonds is 3. The van der Waals surface area contributed by atoms with Gasteiger partial charge >= 0.3 is 5.97 Å². The summed E-state index contributed by atoms with van der Waals surface area (Å²) in [6.07, 6.45) is 3.41. The van der Waals surface area contributed by atoms with Gasteiger partial charge in [0.25, 0.3) is 0 Å². The molecule has 0 saturated carbocycles. The molecule has 0 aliphatic carbocycles. The van der Waals surface area contributed by atoms with Crippen molar-refractivity contribution in [3.63, 3.8) is 0 Å². The second-order valence-corrected chi connectivity index (χ2v) is 5.82. The van der Waals surface area contributed by atoms with Crippen LogP contribution in [0.1, 0.15) is 16.1 Å². The van der Waals surface area contributed by atoms with Gasteiger partial charge in [-0.05, 0) is 37.3 Å². The zero-order valence-electron chi connectivity index (χ0n) is 14.4. The Balaban J connectivity index is 2.06. The Morgan fingerprint density at radius 2 is 1.92 bits per heavy atom. The van der Waals surface area contributed by atoms with Crippen LogP contribution in [0.4, 0.5) is 0 Å². The third kappa shape index (κ3) is 2.61. The summed E-state index contributed by atoms with van der Waals surface area (Å²) in [5.74, 6) is -0.418. The summed E-state index contributed by atoms with van der Waals surface area (Å²) in [6, 6.07) is 15.2. The molecule has 0 N–H and O–H groups in total. The van der Waals surface area contributed by atoms with Crippen molar-refractivity contribution in [2.45, 2.75) is 6.92 Å². The molecule has 0 atom stereocenters. The molecule has 0 saturated heterocycles. The summed E-state index contributed by atoms with van der Waals surface area (Å²) >= 11 is 0. The van der Waals surface area contributed by atoms with Gasteiger partial charge in [0.05, 0.1) is 35.1 Å². The maximum Gasteiger partial charge on any atom is 0.338 e. The first-order chi connectivity index (χ1) is 12.7. The van der Waals surface area contributed by atoms with Gasteiger partial charge in [-0.25, -0.2) is 14.5 Å². The lowest BCUT2D eigenvalue weighted by atomic mass is 10.1. The van der Waals surface area contributed by atoms with Crippen LogP contribution in [0, 0.1) is 6.92 Å². The fraction of sp³-hybridized carbons (Fsp3) is 0.100. The number of hydrogen-bond donors (Lipinski definition) is 0. The molecule has 26 heavy (non-hydrogen) atoms. The molecule has 128 valence electrons. The van der Waals surface area contributed by atoms with E-state index in [0.29, 0.717) is 22.3 Å². The van der Waals surface area contributed by atoms with Crippen molar-refractivity contribution in [1.29, 1.82) is 0 Å². The summed E-state index contributed by atoms with van der Waals surface area (Å²) in [5, 5.41) is 5.29. The number of esters is 1. The normalized spacial score (nSPS) is 10.8. The maximum absolute atomic E-state index is 12.4. The number of fused-ring (bicyclic) bond motifs is 1. The maximum atomic E-state index is 12.4. The molecule has 4 aromatic rings. The molecular weight excluding hydrogens is 328 g/mol. The Morgan fingerprint density at radius 3 is 2.62 bits per heavy atom. The van der Waals surface area contributed by atoms with Crippen LogP contribution in [-0.2, 0) is 4.74 Å². The molecule has 0 aliphatic rings. The lowest BCUT2D eigenvalue weighted by molar-refractivity contribution is 0.0603. The number of methoxy groups -OCH3 is 1. The zero-order valence-corrected chi connectivity index (χ0v) is 14.4. The molecule has 0 aliphatic heterocycles. The van der Waals surface area contributed by atoms with E-state index in [4.69, 9.17) is 9.72 Å². The van der Waals surface area contributed by atoms with Crippen LogP contribution in [-0.4, -0.2) is 32.8 Å². The molecule has 0 amide bonds. The molecule has 0 radical (unpaired) electrons. The van der Waals surface area contributed by atoms with Crippen LogP contribution in [0.3, 0.4) is 0 Å². The molecule has 4 rings (SSSR count). The van der Waals surface area contributed by atoms with Gasteiger partial charge in [-0.3, -0.25) is 4.98 Å². The number of hydrogen-bond acceptors (Lipinski definition) is 5. The van der Waals surface area contributed by atoms with Crippen LogP contribution in [0.15, 0.2) is 60.9 Å². The lowest BCUT2D eigenvalue weighted by Gasteiger charge is -2.08. The highest BCUT2D eigenvalue weighted by molar-refractivity contribution is 6.05. The highest BCUT2D eigenvalue weighted by Gasteiger charge is 2.21. The van der Waals surface area contributed by atoms with Gasteiger partial charge in [0, 0.05) is 18.0 Å². The number of ether oxygens (including phenoxy) is 1. The topological polar surface area (TPSA) is 69.9 Å². The van der Waals surface area contributed by atoms with Gasteiger partial charge in [-0.1, -0.05) is 18.2 Å². The first-order valence-corrected chi connectivity index (χ1v) is 8.13. The zero-order chi connectivity index (χ0) is 18.1. The second kappa shape index (κ2) is 6.40. The minimum Gasteiger partial charge on any atom is -0.465 e. The quantitative estimate of drug-likeness (QED) is 0.531. The molecule has 0 fully saturated rings. The van der Waals surface area contributed by atoms with Gasteiger partial charge in [0.1, 0.15) is 0 Å². The number of aromatic nitrogens is 4. The van der Waals surface area contributed by atoms with E-state index in [1.165, 1.54) is 7.11 Å². The average Bonchev–Trinajstić information content (AvgIpc) is 3.04. The minimum atomic E-state index is -0.418. The van der Waals surface area contributed by atoms with Crippen molar-refractivity contribution in [2.75, 3.05) is 7.11 Å². The van der Waals surface area contributed by atoms with Crippen LogP contribution < -0.4 is 0 Å². The Kier molecular flexibility index (Phi) is 3.93. The van der Waals surface area contributed by atoms with E-state index in [0.717, 1.165) is 16.9 Å². The molecular formula is C20H16N4O2. The number of para-hydroxylation sites is 1. The average molecular weight is 344 g/mol. The van der Waals surface area contributed by atoms with Crippen molar-refractivity contribution >= 4 is 17.0 Å². The third-order valence-corrected chi connectivity index (χ3v) is 4.18. The van der Waals surface area contributed by atoms with Gasteiger partial charge in [0.15, 0.2) is 5.65 Å². The van der Waals surface area contributed by atoms with E-state index < -0.39 is 5.97 Å². The smallest absolute Gasteiger partial charge is 0.338 e. The number of carbonyl (C=O) groups is 1. The summed E-state index contributed by atoms with van der Waals surface area (Å²) in [5.41, 5.74) is 4.10. The predicted octanol–water partition coefficient (Wildman–Crippen LogP) is 3.58. The summed E-state index contributed by atoms with van der Waals surface area (Å²) in [4.78, 5) is 21.3. The van der Waals surface area contributed by atoms with Gasteiger partial charge in [-0.2, -0.15) is 5.10 Å². The van der Waals surface area contributed by atoms with Crippen LogP contribution in [0.5, 0.6) is 0 Å². The van der Waals surface area contributed by atoms with Gasteiger partial charge < -0.3 is 4.74 Å². The highest BCUT2D eigenvalue weighted by atomic mass is 16.5. The first kappa shape index (κ1) is 16.0. The number of aryl methyl sites for hydroxylation is 1. The monoisotopic (exact) mass is 344 g/mol. The molecule has 0 spiro atoms. The molecule has 6 nitrogen and oxygen atoms in total. The molecule has 0 bridgehead atoms. The fourth-order valence-corrected chi connectivity index (χ4v) is 2.97. The van der Waals surface area contributed by atoms with Gasteiger partial charge in [-0.15, -0.1) is 0 Å². The minimum absolute atomic E-state index is 0.418. The molecule has 3 heterocycles. The SMILES string of the molecule is COC(=O)c1cc(-c2cccnc2)nc2c1c(C)nn2-c1ccccc1. The van der Waals surface area contributed by atoms with Crippen LogP contribution in [0.25, 0.3) is 28.0 Å². The summed E-state index contributed by atoms with van der Waals surface area (Å²) in [6.45, 7) is 1.86. The van der Waals surface area contributed by atoms with Gasteiger partial charge in [0.2, 0.25) is 0 Å². The summed E-state index contributed by atoms with van der Waals surface area (Å²) < 4.78 is 6.73. The highest BCUT2D eigenvalue weighted by Crippen LogP contribution is 2.28. The van der Waals surface area contributed by atoms with E-state index in [2.05, 4.69) is 10.1 Å². The first-order valence-electron chi connectivity index (χ1n) is 8.13. The predicted molar refractivity (Wildman–Crippen MR) is 98.2 cm³/mol. The van der Waals surface area contributed by atoms with Crippen molar-refractivity contribution in [3.8, 4) is 16.9 Å². The second-order valence-electron chi connectivity index (χ2n) is 5.82. The standard InChI is InChI=1S/C20H16N4O2/c1-13-18-16(20(25)26-2)11-17(14-7-6-10-21-12-14)22-19(18)24(23-13)15-8-4-3-5-9-15/h3-12H,1-2H3. The summed E-state index contributed by atoms with van der Waals surface area (Å²) in [7, 11) is 1.37. The van der Waals surface area contributed by atoms with Crippen molar-refractivity contribution in [1.82, 2.24) is 19.7 Å². The number of pyridine rings is 2. The number of nitrogens with zero attached hydrogens (tertiary/aromatic N) is 4. The number of carbonyl (C=O) groups excluding carboxylic acids is 1. The lowest BCUT2D eigenvalue weighted by Crippen LogP contribution is -2.05. The third-order valence-electron chi connectivity index (χ3n) is 4.18. The molecule has 0 unspecified atom stereocenters. The van der Waals surface area contributed by atoms with Crippen LogP contribution in [0.2, 0.25) is 0 Å².